The summed E-state index contributed by atoms with van der Waals surface area (Å²) in [5.41, 5.74) is 1.83. The molecule has 1 unspecified atom stereocenters. The second-order valence-corrected chi connectivity index (χ2v) is 4.35. The number of aromatic nitrogens is 2. The number of fused-ring (bicyclic) bond motifs is 1. The Labute approximate surface area is 89.3 Å². The number of hydrogen-bond donors (Lipinski definition) is 1. The van der Waals surface area contributed by atoms with Gasteiger partial charge in [-0.15, -0.1) is 0 Å². The lowest BCUT2D eigenvalue weighted by atomic mass is 9.99. The first-order valence-electron chi connectivity index (χ1n) is 5.43. The standard InChI is InChI=1S/C11H17N3O/c1-7(2)14-5-4-9-10(8(14)3)12-6-13-11(9)15/h6-8H,4-5H2,1-3H3,(H,12,13,15). The van der Waals surface area contributed by atoms with Crippen LogP contribution in [0.25, 0.3) is 0 Å². The molecule has 82 valence electrons. The summed E-state index contributed by atoms with van der Waals surface area (Å²) in [6, 6.07) is 0.741. The third-order valence-corrected chi connectivity index (χ3v) is 3.16. The molecule has 0 radical (unpaired) electrons. The van der Waals surface area contributed by atoms with Crippen molar-refractivity contribution < 1.29 is 0 Å². The van der Waals surface area contributed by atoms with Crippen molar-refractivity contribution in [1.29, 1.82) is 0 Å². The first-order valence-corrected chi connectivity index (χ1v) is 5.43. The van der Waals surface area contributed by atoms with Gasteiger partial charge in [0.15, 0.2) is 0 Å². The summed E-state index contributed by atoms with van der Waals surface area (Å²) in [7, 11) is 0. The molecule has 0 spiro atoms. The van der Waals surface area contributed by atoms with Crippen LogP contribution >= 0.6 is 0 Å². The lowest BCUT2D eigenvalue weighted by Gasteiger charge is -2.36. The highest BCUT2D eigenvalue weighted by atomic mass is 16.1. The van der Waals surface area contributed by atoms with Gasteiger partial charge in [0.2, 0.25) is 0 Å². The van der Waals surface area contributed by atoms with E-state index in [2.05, 4.69) is 35.6 Å². The van der Waals surface area contributed by atoms with Crippen molar-refractivity contribution >= 4 is 0 Å². The van der Waals surface area contributed by atoms with Gasteiger partial charge < -0.3 is 4.98 Å². The van der Waals surface area contributed by atoms with E-state index in [1.165, 1.54) is 6.33 Å². The minimum Gasteiger partial charge on any atom is -0.313 e. The van der Waals surface area contributed by atoms with E-state index in [4.69, 9.17) is 0 Å². The summed E-state index contributed by atoms with van der Waals surface area (Å²) in [6.45, 7) is 7.41. The van der Waals surface area contributed by atoms with Gasteiger partial charge in [0.25, 0.3) is 5.56 Å². The van der Waals surface area contributed by atoms with Crippen LogP contribution in [0.5, 0.6) is 0 Å². The highest BCUT2D eigenvalue weighted by Gasteiger charge is 2.28. The van der Waals surface area contributed by atoms with Crippen molar-refractivity contribution in [2.45, 2.75) is 39.3 Å². The molecule has 1 N–H and O–H groups in total. The molecular formula is C11H17N3O. The van der Waals surface area contributed by atoms with Gasteiger partial charge in [0.05, 0.1) is 18.1 Å². The van der Waals surface area contributed by atoms with E-state index in [9.17, 15) is 4.79 Å². The normalized spacial score (nSPS) is 21.7. The van der Waals surface area contributed by atoms with E-state index in [0.717, 1.165) is 24.2 Å². The molecule has 15 heavy (non-hydrogen) atoms. The van der Waals surface area contributed by atoms with Crippen LogP contribution < -0.4 is 5.56 Å². The summed E-state index contributed by atoms with van der Waals surface area (Å²) in [4.78, 5) is 20.9. The molecule has 0 aliphatic carbocycles. The average molecular weight is 207 g/mol. The molecule has 0 saturated carbocycles. The molecule has 0 amide bonds. The molecule has 4 heteroatoms. The van der Waals surface area contributed by atoms with Crippen molar-refractivity contribution in [2.75, 3.05) is 6.54 Å². The van der Waals surface area contributed by atoms with Gasteiger partial charge in [-0.25, -0.2) is 4.98 Å². The maximum absolute atomic E-state index is 11.6. The fourth-order valence-electron chi connectivity index (χ4n) is 2.34. The lowest BCUT2D eigenvalue weighted by Crippen LogP contribution is -2.41. The Morgan fingerprint density at radius 3 is 3.00 bits per heavy atom. The number of nitrogens with zero attached hydrogens (tertiary/aromatic N) is 2. The summed E-state index contributed by atoms with van der Waals surface area (Å²) in [6.07, 6.45) is 2.31. The summed E-state index contributed by atoms with van der Waals surface area (Å²) < 4.78 is 0. The molecule has 4 nitrogen and oxygen atoms in total. The molecule has 2 rings (SSSR count). The average Bonchev–Trinajstić information content (AvgIpc) is 2.19. The molecule has 0 aromatic carbocycles. The van der Waals surface area contributed by atoms with Crippen LogP contribution in [-0.4, -0.2) is 27.5 Å². The van der Waals surface area contributed by atoms with Crippen LogP contribution in [0.3, 0.4) is 0 Å². The maximum atomic E-state index is 11.6. The quantitative estimate of drug-likeness (QED) is 0.750. The van der Waals surface area contributed by atoms with Crippen molar-refractivity contribution in [2.24, 2.45) is 0 Å². The summed E-state index contributed by atoms with van der Waals surface area (Å²) in [5.74, 6) is 0. The van der Waals surface area contributed by atoms with E-state index in [0.29, 0.717) is 6.04 Å². The fourth-order valence-corrected chi connectivity index (χ4v) is 2.34. The fraction of sp³-hybridized carbons (Fsp3) is 0.636. The van der Waals surface area contributed by atoms with Crippen LogP contribution in [-0.2, 0) is 6.42 Å². The van der Waals surface area contributed by atoms with Gasteiger partial charge in [-0.2, -0.15) is 0 Å². The molecular weight excluding hydrogens is 190 g/mol. The van der Waals surface area contributed by atoms with Gasteiger partial charge in [-0.3, -0.25) is 9.69 Å². The van der Waals surface area contributed by atoms with E-state index < -0.39 is 0 Å². The zero-order valence-corrected chi connectivity index (χ0v) is 9.45. The zero-order chi connectivity index (χ0) is 11.0. The van der Waals surface area contributed by atoms with Gasteiger partial charge in [-0.1, -0.05) is 0 Å². The second kappa shape index (κ2) is 3.77. The molecule has 1 aromatic heterocycles. The van der Waals surface area contributed by atoms with Gasteiger partial charge in [0.1, 0.15) is 0 Å². The molecule has 1 atom stereocenters. The molecule has 1 aliphatic heterocycles. The molecule has 0 bridgehead atoms. The van der Waals surface area contributed by atoms with Gasteiger partial charge >= 0.3 is 0 Å². The minimum absolute atomic E-state index is 0.0234. The van der Waals surface area contributed by atoms with Crippen LogP contribution in [0.15, 0.2) is 11.1 Å². The van der Waals surface area contributed by atoms with E-state index in [1.54, 1.807) is 0 Å². The lowest BCUT2D eigenvalue weighted by molar-refractivity contribution is 0.150. The zero-order valence-electron chi connectivity index (χ0n) is 9.45. The third-order valence-electron chi connectivity index (χ3n) is 3.16. The smallest absolute Gasteiger partial charge is 0.254 e. The van der Waals surface area contributed by atoms with Gasteiger partial charge in [0, 0.05) is 18.2 Å². The summed E-state index contributed by atoms with van der Waals surface area (Å²) >= 11 is 0. The largest absolute Gasteiger partial charge is 0.313 e. The van der Waals surface area contributed by atoms with Crippen LogP contribution in [0.1, 0.15) is 38.1 Å². The maximum Gasteiger partial charge on any atom is 0.254 e. The van der Waals surface area contributed by atoms with Crippen LogP contribution in [0, 0.1) is 0 Å². The Balaban J connectivity index is 2.43. The van der Waals surface area contributed by atoms with E-state index in [1.807, 2.05) is 0 Å². The molecule has 2 heterocycles. The SMILES string of the molecule is CC(C)N1CCc2c(nc[nH]c2=O)C1C. The number of hydrogen-bond acceptors (Lipinski definition) is 3. The number of aromatic amines is 1. The topological polar surface area (TPSA) is 49.0 Å². The monoisotopic (exact) mass is 207 g/mol. The molecule has 0 saturated heterocycles. The Hall–Kier alpha value is -1.16. The molecule has 1 aliphatic rings. The highest BCUT2D eigenvalue weighted by Crippen LogP contribution is 2.26. The van der Waals surface area contributed by atoms with Crippen molar-refractivity contribution in [3.8, 4) is 0 Å². The number of rotatable bonds is 1. The predicted molar refractivity (Wildman–Crippen MR) is 58.8 cm³/mol. The number of H-pyrrole nitrogens is 1. The second-order valence-electron chi connectivity index (χ2n) is 4.35. The summed E-state index contributed by atoms with van der Waals surface area (Å²) in [5, 5.41) is 0. The van der Waals surface area contributed by atoms with Crippen molar-refractivity contribution in [3.63, 3.8) is 0 Å². The van der Waals surface area contributed by atoms with Gasteiger partial charge in [-0.05, 0) is 27.2 Å². The third kappa shape index (κ3) is 1.69. The molecule has 0 fully saturated rings. The minimum atomic E-state index is 0.0234. The Kier molecular flexibility index (Phi) is 2.61. The molecule has 1 aromatic rings. The Morgan fingerprint density at radius 2 is 2.33 bits per heavy atom. The first-order chi connectivity index (χ1) is 7.11. The van der Waals surface area contributed by atoms with E-state index in [-0.39, 0.29) is 11.6 Å². The van der Waals surface area contributed by atoms with E-state index >= 15 is 0 Å². The first kappa shape index (κ1) is 10.4. The Bertz CT molecular complexity index is 411. The van der Waals surface area contributed by atoms with Crippen molar-refractivity contribution in [3.05, 3.63) is 27.9 Å². The van der Waals surface area contributed by atoms with Crippen LogP contribution in [0.2, 0.25) is 0 Å². The van der Waals surface area contributed by atoms with Crippen LogP contribution in [0.4, 0.5) is 0 Å². The highest BCUT2D eigenvalue weighted by molar-refractivity contribution is 5.22. The predicted octanol–water partition coefficient (Wildman–Crippen LogP) is 1.10. The Morgan fingerprint density at radius 1 is 1.60 bits per heavy atom. The van der Waals surface area contributed by atoms with Crippen molar-refractivity contribution in [1.82, 2.24) is 14.9 Å². The number of nitrogens with one attached hydrogen (secondary N) is 1.